The average Bonchev–Trinajstić information content (AvgIpc) is 2.60. The standard InChI is InChI=1S/C11H22N4/c1-9(2)7-12-6-5-11-14-13-8-15(11)10(3)4/h8-10,12H,5-7H2,1-4H3. The van der Waals surface area contributed by atoms with Crippen molar-refractivity contribution >= 4 is 0 Å². The van der Waals surface area contributed by atoms with Gasteiger partial charge in [-0.05, 0) is 26.3 Å². The molecule has 15 heavy (non-hydrogen) atoms. The second kappa shape index (κ2) is 5.85. The maximum absolute atomic E-state index is 4.13. The molecule has 0 fully saturated rings. The Balaban J connectivity index is 2.34. The molecule has 0 saturated heterocycles. The molecule has 0 saturated carbocycles. The topological polar surface area (TPSA) is 42.7 Å². The van der Waals surface area contributed by atoms with E-state index in [9.17, 15) is 0 Å². The van der Waals surface area contributed by atoms with Gasteiger partial charge in [-0.25, -0.2) is 0 Å². The molecule has 1 N–H and O–H groups in total. The van der Waals surface area contributed by atoms with Gasteiger partial charge in [0.15, 0.2) is 0 Å². The van der Waals surface area contributed by atoms with Crippen LogP contribution in [0.25, 0.3) is 0 Å². The summed E-state index contributed by atoms with van der Waals surface area (Å²) in [4.78, 5) is 0. The van der Waals surface area contributed by atoms with Crippen molar-refractivity contribution in [3.63, 3.8) is 0 Å². The van der Waals surface area contributed by atoms with Crippen LogP contribution >= 0.6 is 0 Å². The van der Waals surface area contributed by atoms with E-state index in [-0.39, 0.29) is 0 Å². The Morgan fingerprint density at radius 1 is 1.33 bits per heavy atom. The number of aromatic nitrogens is 3. The van der Waals surface area contributed by atoms with E-state index in [1.165, 1.54) is 0 Å². The van der Waals surface area contributed by atoms with Gasteiger partial charge in [0.05, 0.1) is 0 Å². The van der Waals surface area contributed by atoms with Crippen LogP contribution in [0.4, 0.5) is 0 Å². The molecule has 0 atom stereocenters. The van der Waals surface area contributed by atoms with Crippen molar-refractivity contribution in [1.29, 1.82) is 0 Å². The minimum absolute atomic E-state index is 0.445. The molecule has 1 heterocycles. The van der Waals surface area contributed by atoms with Gasteiger partial charge >= 0.3 is 0 Å². The van der Waals surface area contributed by atoms with Crippen LogP contribution in [0.15, 0.2) is 6.33 Å². The van der Waals surface area contributed by atoms with Crippen molar-refractivity contribution in [2.75, 3.05) is 13.1 Å². The van der Waals surface area contributed by atoms with Gasteiger partial charge in [0.25, 0.3) is 0 Å². The maximum atomic E-state index is 4.13. The third kappa shape index (κ3) is 4.00. The third-order valence-electron chi connectivity index (χ3n) is 2.28. The van der Waals surface area contributed by atoms with E-state index in [0.717, 1.165) is 25.3 Å². The van der Waals surface area contributed by atoms with Crippen molar-refractivity contribution in [1.82, 2.24) is 20.1 Å². The minimum Gasteiger partial charge on any atom is -0.316 e. The molecule has 86 valence electrons. The summed E-state index contributed by atoms with van der Waals surface area (Å²) in [5.74, 6) is 1.77. The van der Waals surface area contributed by atoms with Gasteiger partial charge in [0, 0.05) is 19.0 Å². The van der Waals surface area contributed by atoms with Crippen LogP contribution in [0.3, 0.4) is 0 Å². The second-order valence-corrected chi connectivity index (χ2v) is 4.60. The molecule has 0 amide bonds. The summed E-state index contributed by atoms with van der Waals surface area (Å²) in [7, 11) is 0. The molecule has 0 unspecified atom stereocenters. The minimum atomic E-state index is 0.445. The van der Waals surface area contributed by atoms with E-state index in [1.807, 2.05) is 6.33 Å². The molecule has 1 aromatic heterocycles. The Morgan fingerprint density at radius 3 is 2.67 bits per heavy atom. The SMILES string of the molecule is CC(C)CNCCc1nncn1C(C)C. The third-order valence-corrected chi connectivity index (χ3v) is 2.28. The predicted octanol–water partition coefficient (Wildman–Crippen LogP) is 1.65. The molecular formula is C11H22N4. The van der Waals surface area contributed by atoms with Gasteiger partial charge in [-0.1, -0.05) is 13.8 Å². The van der Waals surface area contributed by atoms with Gasteiger partial charge in [0.1, 0.15) is 12.2 Å². The Morgan fingerprint density at radius 2 is 2.07 bits per heavy atom. The molecule has 1 rings (SSSR count). The molecule has 0 radical (unpaired) electrons. The lowest BCUT2D eigenvalue weighted by molar-refractivity contribution is 0.527. The lowest BCUT2D eigenvalue weighted by atomic mass is 10.2. The first-order valence-electron chi connectivity index (χ1n) is 5.70. The number of nitrogens with one attached hydrogen (secondary N) is 1. The van der Waals surface area contributed by atoms with E-state index < -0.39 is 0 Å². The van der Waals surface area contributed by atoms with Crippen LogP contribution < -0.4 is 5.32 Å². The Hall–Kier alpha value is -0.900. The highest BCUT2D eigenvalue weighted by Gasteiger charge is 2.06. The van der Waals surface area contributed by atoms with Crippen LogP contribution in [0, 0.1) is 5.92 Å². The first kappa shape index (κ1) is 12.2. The Labute approximate surface area is 92.1 Å². The van der Waals surface area contributed by atoms with Crippen molar-refractivity contribution in [2.24, 2.45) is 5.92 Å². The lowest BCUT2D eigenvalue weighted by Crippen LogP contribution is -2.23. The molecular weight excluding hydrogens is 188 g/mol. The number of nitrogens with zero attached hydrogens (tertiary/aromatic N) is 3. The van der Waals surface area contributed by atoms with Crippen molar-refractivity contribution in [3.8, 4) is 0 Å². The first-order valence-corrected chi connectivity index (χ1v) is 5.70. The summed E-state index contributed by atoms with van der Waals surface area (Å²) >= 11 is 0. The van der Waals surface area contributed by atoms with E-state index >= 15 is 0 Å². The molecule has 0 aliphatic rings. The van der Waals surface area contributed by atoms with Crippen LogP contribution in [0.5, 0.6) is 0 Å². The second-order valence-electron chi connectivity index (χ2n) is 4.60. The zero-order valence-corrected chi connectivity index (χ0v) is 10.2. The normalized spacial score (nSPS) is 11.6. The summed E-state index contributed by atoms with van der Waals surface area (Å²) in [6.07, 6.45) is 2.76. The fraction of sp³-hybridized carbons (Fsp3) is 0.818. The Bertz CT molecular complexity index is 278. The van der Waals surface area contributed by atoms with Crippen molar-refractivity contribution in [3.05, 3.63) is 12.2 Å². The first-order chi connectivity index (χ1) is 7.11. The molecule has 0 aromatic carbocycles. The average molecular weight is 210 g/mol. The quantitative estimate of drug-likeness (QED) is 0.726. The molecule has 1 aromatic rings. The smallest absolute Gasteiger partial charge is 0.134 e. The molecule has 0 bridgehead atoms. The van der Waals surface area contributed by atoms with Gasteiger partial charge < -0.3 is 9.88 Å². The zero-order valence-electron chi connectivity index (χ0n) is 10.2. The van der Waals surface area contributed by atoms with E-state index in [4.69, 9.17) is 0 Å². The van der Waals surface area contributed by atoms with E-state index in [0.29, 0.717) is 12.0 Å². The van der Waals surface area contributed by atoms with Gasteiger partial charge in [-0.3, -0.25) is 0 Å². The summed E-state index contributed by atoms with van der Waals surface area (Å²) in [6, 6.07) is 0.445. The molecule has 0 aliphatic carbocycles. The van der Waals surface area contributed by atoms with Gasteiger partial charge in [-0.2, -0.15) is 0 Å². The van der Waals surface area contributed by atoms with Crippen molar-refractivity contribution < 1.29 is 0 Å². The van der Waals surface area contributed by atoms with Crippen LogP contribution in [0.2, 0.25) is 0 Å². The summed E-state index contributed by atoms with van der Waals surface area (Å²) < 4.78 is 2.12. The van der Waals surface area contributed by atoms with Gasteiger partial charge in [0.2, 0.25) is 0 Å². The summed E-state index contributed by atoms with van der Waals surface area (Å²) in [6.45, 7) is 10.8. The van der Waals surface area contributed by atoms with Crippen molar-refractivity contribution in [2.45, 2.75) is 40.2 Å². The molecule has 0 aliphatic heterocycles. The monoisotopic (exact) mass is 210 g/mol. The van der Waals surface area contributed by atoms with Gasteiger partial charge in [-0.15, -0.1) is 10.2 Å². The fourth-order valence-electron chi connectivity index (χ4n) is 1.47. The highest BCUT2D eigenvalue weighted by Crippen LogP contribution is 2.06. The summed E-state index contributed by atoms with van der Waals surface area (Å²) in [5.41, 5.74) is 0. The highest BCUT2D eigenvalue weighted by atomic mass is 15.3. The lowest BCUT2D eigenvalue weighted by Gasteiger charge is -2.10. The number of rotatable bonds is 6. The van der Waals surface area contributed by atoms with Crippen LogP contribution in [-0.2, 0) is 6.42 Å². The number of hydrogen-bond donors (Lipinski definition) is 1. The maximum Gasteiger partial charge on any atom is 0.134 e. The fourth-order valence-corrected chi connectivity index (χ4v) is 1.47. The predicted molar refractivity (Wildman–Crippen MR) is 61.8 cm³/mol. The largest absolute Gasteiger partial charge is 0.316 e. The molecule has 4 heteroatoms. The van der Waals surface area contributed by atoms with Crippen LogP contribution in [-0.4, -0.2) is 27.9 Å². The summed E-state index contributed by atoms with van der Waals surface area (Å²) in [5, 5.41) is 11.5. The number of hydrogen-bond acceptors (Lipinski definition) is 3. The van der Waals surface area contributed by atoms with Crippen LogP contribution in [0.1, 0.15) is 39.6 Å². The molecule has 0 spiro atoms. The highest BCUT2D eigenvalue weighted by molar-refractivity contribution is 4.88. The Kier molecular flexibility index (Phi) is 4.75. The zero-order chi connectivity index (χ0) is 11.3. The van der Waals surface area contributed by atoms with E-state index in [1.54, 1.807) is 0 Å². The van der Waals surface area contributed by atoms with E-state index in [2.05, 4.69) is 47.8 Å². The molecule has 4 nitrogen and oxygen atoms in total.